The van der Waals surface area contributed by atoms with Crippen LogP contribution in [0.3, 0.4) is 0 Å². The van der Waals surface area contributed by atoms with Crippen LogP contribution in [0.1, 0.15) is 13.3 Å². The Hall–Kier alpha value is -1.10. The summed E-state index contributed by atoms with van der Waals surface area (Å²) in [6, 6.07) is -0.633. The maximum absolute atomic E-state index is 10.7. The number of aliphatic carboxylic acids is 1. The van der Waals surface area contributed by atoms with E-state index in [9.17, 15) is 9.59 Å². The van der Waals surface area contributed by atoms with Gasteiger partial charge in [-0.1, -0.05) is 0 Å². The molecule has 0 saturated carbocycles. The standard InChI is InChI=1S/C7H12N2O3/c1-4(7(11)12)9-5-2-6(10)8-3-5/h4-5,9H,2-3H2,1H3,(H,8,10)(H,11,12). The van der Waals surface area contributed by atoms with Crippen molar-refractivity contribution < 1.29 is 14.7 Å². The molecule has 68 valence electrons. The average Bonchev–Trinajstić information content (AvgIpc) is 2.35. The highest BCUT2D eigenvalue weighted by Gasteiger charge is 2.24. The van der Waals surface area contributed by atoms with E-state index in [1.165, 1.54) is 0 Å². The van der Waals surface area contributed by atoms with Crippen LogP contribution < -0.4 is 10.6 Å². The molecule has 5 heteroatoms. The Bertz CT molecular complexity index is 205. The quantitative estimate of drug-likeness (QED) is 0.507. The van der Waals surface area contributed by atoms with Crippen LogP contribution in [0.2, 0.25) is 0 Å². The number of rotatable bonds is 3. The lowest BCUT2D eigenvalue weighted by atomic mass is 10.2. The molecule has 0 aromatic rings. The predicted octanol–water partition coefficient (Wildman–Crippen LogP) is -1.06. The Balaban J connectivity index is 2.32. The van der Waals surface area contributed by atoms with Gasteiger partial charge in [-0.15, -0.1) is 0 Å². The van der Waals surface area contributed by atoms with Crippen LogP contribution in [-0.2, 0) is 9.59 Å². The number of hydrogen-bond acceptors (Lipinski definition) is 3. The summed E-state index contributed by atoms with van der Waals surface area (Å²) in [6.45, 7) is 2.08. The minimum absolute atomic E-state index is 0.0231. The van der Waals surface area contributed by atoms with E-state index in [0.29, 0.717) is 13.0 Å². The van der Waals surface area contributed by atoms with E-state index in [-0.39, 0.29) is 11.9 Å². The molecule has 1 aliphatic heterocycles. The van der Waals surface area contributed by atoms with Crippen molar-refractivity contribution in [1.82, 2.24) is 10.6 Å². The Morgan fingerprint density at radius 3 is 2.92 bits per heavy atom. The molecule has 2 unspecified atom stereocenters. The first-order valence-electron chi connectivity index (χ1n) is 3.85. The van der Waals surface area contributed by atoms with Crippen molar-refractivity contribution in [2.24, 2.45) is 0 Å². The van der Waals surface area contributed by atoms with Gasteiger partial charge in [-0.3, -0.25) is 14.9 Å². The van der Waals surface area contributed by atoms with Crippen LogP contribution in [0.15, 0.2) is 0 Å². The first kappa shape index (κ1) is 8.99. The Morgan fingerprint density at radius 2 is 2.50 bits per heavy atom. The highest BCUT2D eigenvalue weighted by atomic mass is 16.4. The molecular weight excluding hydrogens is 160 g/mol. The molecule has 12 heavy (non-hydrogen) atoms. The van der Waals surface area contributed by atoms with Gasteiger partial charge in [-0.25, -0.2) is 0 Å². The smallest absolute Gasteiger partial charge is 0.320 e. The monoisotopic (exact) mass is 172 g/mol. The Morgan fingerprint density at radius 1 is 1.83 bits per heavy atom. The van der Waals surface area contributed by atoms with Crippen molar-refractivity contribution in [2.45, 2.75) is 25.4 Å². The largest absolute Gasteiger partial charge is 0.480 e. The fourth-order valence-electron chi connectivity index (χ4n) is 1.15. The van der Waals surface area contributed by atoms with Gasteiger partial charge in [0.25, 0.3) is 0 Å². The Kier molecular flexibility index (Phi) is 2.65. The summed E-state index contributed by atoms with van der Waals surface area (Å²) >= 11 is 0. The number of amides is 1. The minimum atomic E-state index is -0.894. The number of carboxylic acids is 1. The molecule has 1 saturated heterocycles. The second-order valence-electron chi connectivity index (χ2n) is 2.93. The summed E-state index contributed by atoms with van der Waals surface area (Å²) in [5, 5.41) is 14.0. The van der Waals surface area contributed by atoms with Gasteiger partial charge < -0.3 is 10.4 Å². The van der Waals surface area contributed by atoms with E-state index in [0.717, 1.165) is 0 Å². The summed E-state index contributed by atoms with van der Waals surface area (Å²) < 4.78 is 0. The van der Waals surface area contributed by atoms with Crippen molar-refractivity contribution in [3.05, 3.63) is 0 Å². The number of carboxylic acid groups (broad SMARTS) is 1. The lowest BCUT2D eigenvalue weighted by Crippen LogP contribution is -2.42. The summed E-state index contributed by atoms with van der Waals surface area (Å²) in [6.07, 6.45) is 0.373. The second-order valence-corrected chi connectivity index (χ2v) is 2.93. The third kappa shape index (κ3) is 2.20. The molecule has 0 bridgehead atoms. The third-order valence-electron chi connectivity index (χ3n) is 1.83. The van der Waals surface area contributed by atoms with Crippen molar-refractivity contribution in [2.75, 3.05) is 6.54 Å². The Labute approximate surface area is 70.1 Å². The first-order valence-corrected chi connectivity index (χ1v) is 3.85. The molecule has 5 nitrogen and oxygen atoms in total. The zero-order valence-corrected chi connectivity index (χ0v) is 6.83. The van der Waals surface area contributed by atoms with Gasteiger partial charge in [0.2, 0.25) is 5.91 Å². The van der Waals surface area contributed by atoms with E-state index in [1.807, 2.05) is 0 Å². The van der Waals surface area contributed by atoms with Crippen molar-refractivity contribution >= 4 is 11.9 Å². The molecule has 0 radical (unpaired) electrons. The zero-order chi connectivity index (χ0) is 9.14. The van der Waals surface area contributed by atoms with Gasteiger partial charge in [0.05, 0.1) is 0 Å². The first-order chi connectivity index (χ1) is 5.59. The van der Waals surface area contributed by atoms with Crippen LogP contribution in [0, 0.1) is 0 Å². The van der Waals surface area contributed by atoms with E-state index in [2.05, 4.69) is 10.6 Å². The predicted molar refractivity (Wildman–Crippen MR) is 41.6 cm³/mol. The molecular formula is C7H12N2O3. The summed E-state index contributed by atoms with van der Waals surface area (Å²) in [4.78, 5) is 21.1. The number of nitrogens with one attached hydrogen (secondary N) is 2. The van der Waals surface area contributed by atoms with Crippen molar-refractivity contribution in [1.29, 1.82) is 0 Å². The topological polar surface area (TPSA) is 78.4 Å². The number of carbonyl (C=O) groups excluding carboxylic acids is 1. The molecule has 0 spiro atoms. The zero-order valence-electron chi connectivity index (χ0n) is 6.83. The molecule has 0 aliphatic carbocycles. The fraction of sp³-hybridized carbons (Fsp3) is 0.714. The van der Waals surface area contributed by atoms with Gasteiger partial charge in [-0.2, -0.15) is 0 Å². The molecule has 0 aromatic carbocycles. The van der Waals surface area contributed by atoms with Gasteiger partial charge in [-0.05, 0) is 6.92 Å². The fourth-order valence-corrected chi connectivity index (χ4v) is 1.15. The SMILES string of the molecule is CC(NC1CNC(=O)C1)C(=O)O. The third-order valence-corrected chi connectivity index (χ3v) is 1.83. The molecule has 0 aromatic heterocycles. The molecule has 1 heterocycles. The van der Waals surface area contributed by atoms with Crippen LogP contribution in [0.5, 0.6) is 0 Å². The molecule has 2 atom stereocenters. The number of carbonyl (C=O) groups is 2. The highest BCUT2D eigenvalue weighted by Crippen LogP contribution is 2.00. The molecule has 1 fully saturated rings. The van der Waals surface area contributed by atoms with Crippen molar-refractivity contribution in [3.63, 3.8) is 0 Å². The van der Waals surface area contributed by atoms with Crippen LogP contribution in [0.4, 0.5) is 0 Å². The summed E-state index contributed by atoms with van der Waals surface area (Å²) in [7, 11) is 0. The van der Waals surface area contributed by atoms with E-state index >= 15 is 0 Å². The van der Waals surface area contributed by atoms with Crippen LogP contribution in [0.25, 0.3) is 0 Å². The van der Waals surface area contributed by atoms with Gasteiger partial charge in [0.1, 0.15) is 6.04 Å². The average molecular weight is 172 g/mol. The highest BCUT2D eigenvalue weighted by molar-refractivity contribution is 5.79. The minimum Gasteiger partial charge on any atom is -0.480 e. The maximum atomic E-state index is 10.7. The molecule has 1 rings (SSSR count). The molecule has 3 N–H and O–H groups in total. The summed E-state index contributed by atoms with van der Waals surface area (Å²) in [5.41, 5.74) is 0. The van der Waals surface area contributed by atoms with Gasteiger partial charge >= 0.3 is 5.97 Å². The van der Waals surface area contributed by atoms with E-state index < -0.39 is 12.0 Å². The van der Waals surface area contributed by atoms with Gasteiger partial charge in [0, 0.05) is 19.0 Å². The van der Waals surface area contributed by atoms with E-state index in [1.54, 1.807) is 6.92 Å². The second kappa shape index (κ2) is 3.53. The maximum Gasteiger partial charge on any atom is 0.320 e. The normalized spacial score (nSPS) is 25.1. The molecule has 1 aliphatic rings. The number of hydrogen-bond donors (Lipinski definition) is 3. The lowest BCUT2D eigenvalue weighted by molar-refractivity contribution is -0.139. The van der Waals surface area contributed by atoms with E-state index in [4.69, 9.17) is 5.11 Å². The molecule has 1 amide bonds. The van der Waals surface area contributed by atoms with Crippen molar-refractivity contribution in [3.8, 4) is 0 Å². The van der Waals surface area contributed by atoms with Gasteiger partial charge in [0.15, 0.2) is 0 Å². The summed E-state index contributed by atoms with van der Waals surface area (Å²) in [5.74, 6) is -0.917. The van der Waals surface area contributed by atoms with Crippen LogP contribution in [-0.4, -0.2) is 35.6 Å². The van der Waals surface area contributed by atoms with Crippen LogP contribution >= 0.6 is 0 Å². The lowest BCUT2D eigenvalue weighted by Gasteiger charge is -2.13.